The predicted molar refractivity (Wildman–Crippen MR) is 99.0 cm³/mol. The summed E-state index contributed by atoms with van der Waals surface area (Å²) in [7, 11) is 0. The van der Waals surface area contributed by atoms with Crippen molar-refractivity contribution in [2.45, 2.75) is 44.0 Å². The maximum atomic E-state index is 12.3. The SMILES string of the molecule is CCCc1cc(=O)[nH]c(S[C@H](C)C(=O)Nc2ccc(C)c(Cl)c2)n1. The third-order valence-corrected chi connectivity index (χ3v) is 4.77. The van der Waals surface area contributed by atoms with Crippen LogP contribution in [0.1, 0.15) is 31.5 Å². The highest BCUT2D eigenvalue weighted by atomic mass is 35.5. The molecule has 0 bridgehead atoms. The third kappa shape index (κ3) is 5.11. The molecule has 5 nitrogen and oxygen atoms in total. The molecule has 0 fully saturated rings. The second-order valence-electron chi connectivity index (χ2n) is 5.51. The molecule has 2 aromatic rings. The Balaban J connectivity index is 2.05. The zero-order chi connectivity index (χ0) is 17.7. The first-order valence-corrected chi connectivity index (χ1v) is 8.98. The molecule has 0 spiro atoms. The molecule has 1 aromatic heterocycles. The van der Waals surface area contributed by atoms with Crippen LogP contribution in [-0.2, 0) is 11.2 Å². The van der Waals surface area contributed by atoms with Gasteiger partial charge in [-0.1, -0.05) is 42.8 Å². The molecule has 0 unspecified atom stereocenters. The van der Waals surface area contributed by atoms with Crippen LogP contribution in [0.15, 0.2) is 34.2 Å². The third-order valence-electron chi connectivity index (χ3n) is 3.38. The second-order valence-corrected chi connectivity index (χ2v) is 7.24. The van der Waals surface area contributed by atoms with Gasteiger partial charge in [-0.15, -0.1) is 0 Å². The standard InChI is InChI=1S/C17H20ClN3O2S/c1-4-5-12-9-15(22)21-17(20-12)24-11(3)16(23)19-13-7-6-10(2)14(18)8-13/h6-9,11H,4-5H2,1-3H3,(H,19,23)(H,20,21,22)/t11-/m1/s1. The Morgan fingerprint density at radius 1 is 1.42 bits per heavy atom. The van der Waals surface area contributed by atoms with Crippen LogP contribution >= 0.6 is 23.4 Å². The molecule has 1 heterocycles. The minimum absolute atomic E-state index is 0.177. The van der Waals surface area contributed by atoms with E-state index in [4.69, 9.17) is 11.6 Å². The van der Waals surface area contributed by atoms with Crippen molar-refractivity contribution >= 4 is 35.0 Å². The Morgan fingerprint density at radius 3 is 2.83 bits per heavy atom. The van der Waals surface area contributed by atoms with Crippen molar-refractivity contribution in [2.24, 2.45) is 0 Å². The van der Waals surface area contributed by atoms with Crippen molar-refractivity contribution in [2.75, 3.05) is 5.32 Å². The number of nitrogens with zero attached hydrogens (tertiary/aromatic N) is 1. The van der Waals surface area contributed by atoms with Crippen LogP contribution in [0.2, 0.25) is 5.02 Å². The fourth-order valence-electron chi connectivity index (χ4n) is 2.06. The quantitative estimate of drug-likeness (QED) is 0.603. The Kier molecular flexibility index (Phi) is 6.45. The minimum atomic E-state index is -0.412. The summed E-state index contributed by atoms with van der Waals surface area (Å²) < 4.78 is 0. The Bertz CT molecular complexity index is 792. The summed E-state index contributed by atoms with van der Waals surface area (Å²) in [5.41, 5.74) is 2.13. The topological polar surface area (TPSA) is 74.8 Å². The number of aromatic amines is 1. The van der Waals surface area contributed by atoms with E-state index in [-0.39, 0.29) is 11.5 Å². The number of carbonyl (C=O) groups excluding carboxylic acids is 1. The number of hydrogen-bond donors (Lipinski definition) is 2. The number of thioether (sulfide) groups is 1. The first-order chi connectivity index (χ1) is 11.4. The predicted octanol–water partition coefficient (Wildman–Crippen LogP) is 3.80. The number of carbonyl (C=O) groups is 1. The van der Waals surface area contributed by atoms with Gasteiger partial charge in [0.05, 0.1) is 5.25 Å². The van der Waals surface area contributed by atoms with Crippen molar-refractivity contribution in [3.63, 3.8) is 0 Å². The summed E-state index contributed by atoms with van der Waals surface area (Å²) in [4.78, 5) is 31.0. The first-order valence-electron chi connectivity index (χ1n) is 7.73. The van der Waals surface area contributed by atoms with E-state index in [0.717, 1.165) is 24.1 Å². The lowest BCUT2D eigenvalue weighted by Gasteiger charge is -2.12. The molecule has 1 aromatic carbocycles. The van der Waals surface area contributed by atoms with Gasteiger partial charge in [-0.3, -0.25) is 9.59 Å². The summed E-state index contributed by atoms with van der Waals surface area (Å²) in [6.07, 6.45) is 1.64. The average molecular weight is 366 g/mol. The van der Waals surface area contributed by atoms with E-state index < -0.39 is 5.25 Å². The van der Waals surface area contributed by atoms with Gasteiger partial charge in [0.15, 0.2) is 5.16 Å². The van der Waals surface area contributed by atoms with Gasteiger partial charge in [-0.25, -0.2) is 4.98 Å². The van der Waals surface area contributed by atoms with Gasteiger partial charge < -0.3 is 10.3 Å². The molecule has 0 aliphatic rings. The molecule has 0 aliphatic carbocycles. The summed E-state index contributed by atoms with van der Waals surface area (Å²) in [6.45, 7) is 5.69. The number of benzene rings is 1. The summed E-state index contributed by atoms with van der Waals surface area (Å²) in [6, 6.07) is 6.86. The first kappa shape index (κ1) is 18.5. The second kappa shape index (κ2) is 8.35. The van der Waals surface area contributed by atoms with Crippen molar-refractivity contribution in [1.82, 2.24) is 9.97 Å². The highest BCUT2D eigenvalue weighted by Gasteiger charge is 2.16. The number of aryl methyl sites for hydroxylation is 2. The molecule has 128 valence electrons. The van der Waals surface area contributed by atoms with Crippen molar-refractivity contribution in [3.8, 4) is 0 Å². The molecule has 2 N–H and O–H groups in total. The molecule has 7 heteroatoms. The average Bonchev–Trinajstić information content (AvgIpc) is 2.50. The van der Waals surface area contributed by atoms with Crippen LogP contribution < -0.4 is 10.9 Å². The van der Waals surface area contributed by atoms with Crippen molar-refractivity contribution in [1.29, 1.82) is 0 Å². The fraction of sp³-hybridized carbons (Fsp3) is 0.353. The summed E-state index contributed by atoms with van der Waals surface area (Å²) in [5, 5.41) is 3.47. The van der Waals surface area contributed by atoms with E-state index in [1.165, 1.54) is 17.8 Å². The van der Waals surface area contributed by atoms with Gasteiger partial charge in [0.1, 0.15) is 0 Å². The van der Waals surface area contributed by atoms with Gasteiger partial charge in [0.25, 0.3) is 5.56 Å². The van der Waals surface area contributed by atoms with Crippen LogP contribution in [0, 0.1) is 6.92 Å². The van der Waals surface area contributed by atoms with Crippen molar-refractivity contribution < 1.29 is 4.79 Å². The van der Waals surface area contributed by atoms with E-state index in [9.17, 15) is 9.59 Å². The molecule has 0 saturated heterocycles. The highest BCUT2D eigenvalue weighted by Crippen LogP contribution is 2.23. The lowest BCUT2D eigenvalue weighted by Crippen LogP contribution is -2.23. The minimum Gasteiger partial charge on any atom is -0.325 e. The largest absolute Gasteiger partial charge is 0.325 e. The van der Waals surface area contributed by atoms with E-state index in [1.807, 2.05) is 19.9 Å². The lowest BCUT2D eigenvalue weighted by atomic mass is 10.2. The van der Waals surface area contributed by atoms with Crippen molar-refractivity contribution in [3.05, 3.63) is 50.9 Å². The van der Waals surface area contributed by atoms with Gasteiger partial charge in [0, 0.05) is 22.5 Å². The van der Waals surface area contributed by atoms with E-state index in [1.54, 1.807) is 19.1 Å². The van der Waals surface area contributed by atoms with Gasteiger partial charge in [-0.2, -0.15) is 0 Å². The number of aromatic nitrogens is 2. The molecule has 24 heavy (non-hydrogen) atoms. The molecule has 0 radical (unpaired) electrons. The number of hydrogen-bond acceptors (Lipinski definition) is 4. The van der Waals surface area contributed by atoms with Crippen LogP contribution in [0.4, 0.5) is 5.69 Å². The van der Waals surface area contributed by atoms with Gasteiger partial charge >= 0.3 is 0 Å². The smallest absolute Gasteiger partial charge is 0.251 e. The van der Waals surface area contributed by atoms with Crippen LogP contribution in [0.25, 0.3) is 0 Å². The number of rotatable bonds is 6. The van der Waals surface area contributed by atoms with Crippen LogP contribution in [-0.4, -0.2) is 21.1 Å². The van der Waals surface area contributed by atoms with Gasteiger partial charge in [-0.05, 0) is 38.0 Å². The van der Waals surface area contributed by atoms with E-state index in [2.05, 4.69) is 15.3 Å². The highest BCUT2D eigenvalue weighted by molar-refractivity contribution is 8.00. The normalized spacial score (nSPS) is 12.0. The van der Waals surface area contributed by atoms with E-state index in [0.29, 0.717) is 15.9 Å². The fourth-order valence-corrected chi connectivity index (χ4v) is 3.07. The number of anilines is 1. The molecule has 1 atom stereocenters. The number of nitrogens with one attached hydrogen (secondary N) is 2. The van der Waals surface area contributed by atoms with E-state index >= 15 is 0 Å². The number of halogens is 1. The maximum Gasteiger partial charge on any atom is 0.251 e. The lowest BCUT2D eigenvalue weighted by molar-refractivity contribution is -0.115. The zero-order valence-corrected chi connectivity index (χ0v) is 15.4. The molecular weight excluding hydrogens is 346 g/mol. The molecule has 2 rings (SSSR count). The Hall–Kier alpha value is -1.79. The van der Waals surface area contributed by atoms with Crippen LogP contribution in [0.5, 0.6) is 0 Å². The number of H-pyrrole nitrogens is 1. The molecule has 0 aliphatic heterocycles. The van der Waals surface area contributed by atoms with Gasteiger partial charge in [0.2, 0.25) is 5.91 Å². The zero-order valence-electron chi connectivity index (χ0n) is 13.9. The molecule has 0 saturated carbocycles. The Labute approximate surface area is 150 Å². The monoisotopic (exact) mass is 365 g/mol. The number of amides is 1. The summed E-state index contributed by atoms with van der Waals surface area (Å²) >= 11 is 7.29. The molecule has 1 amide bonds. The Morgan fingerprint density at radius 2 is 2.17 bits per heavy atom. The maximum absolute atomic E-state index is 12.3. The van der Waals surface area contributed by atoms with Crippen LogP contribution in [0.3, 0.4) is 0 Å². The molecular formula is C17H20ClN3O2S. The summed E-state index contributed by atoms with van der Waals surface area (Å²) in [5.74, 6) is -0.177.